The molecule has 64 valence electrons. The van der Waals surface area contributed by atoms with Gasteiger partial charge in [0.05, 0.1) is 17.0 Å². The molecule has 0 aliphatic rings. The monoisotopic (exact) mass is 172 g/mol. The van der Waals surface area contributed by atoms with Crippen molar-refractivity contribution in [1.29, 1.82) is 5.26 Å². The molecule has 0 radical (unpaired) electrons. The molecule has 0 spiro atoms. The van der Waals surface area contributed by atoms with Gasteiger partial charge in [0.15, 0.2) is 5.65 Å². The van der Waals surface area contributed by atoms with Crippen molar-refractivity contribution < 1.29 is 0 Å². The molecule has 0 aromatic carbocycles. The lowest BCUT2D eigenvalue weighted by molar-refractivity contribution is 0.872. The fourth-order valence-electron chi connectivity index (χ4n) is 1.27. The molecular weight excluding hydrogens is 164 g/mol. The molecule has 13 heavy (non-hydrogen) atoms. The van der Waals surface area contributed by atoms with Crippen LogP contribution in [-0.4, -0.2) is 14.6 Å². The van der Waals surface area contributed by atoms with Crippen LogP contribution in [0.4, 0.5) is 0 Å². The van der Waals surface area contributed by atoms with Crippen molar-refractivity contribution in [2.24, 2.45) is 0 Å². The third-order valence-corrected chi connectivity index (χ3v) is 1.97. The Morgan fingerprint density at radius 3 is 2.92 bits per heavy atom. The Hall–Kier alpha value is -1.89. The normalized spacial score (nSPS) is 10.2. The van der Waals surface area contributed by atoms with Gasteiger partial charge in [-0.25, -0.2) is 9.50 Å². The number of nitrogens with zero attached hydrogens (tertiary/aromatic N) is 4. The molecule has 0 N–H and O–H groups in total. The van der Waals surface area contributed by atoms with E-state index in [1.165, 1.54) is 0 Å². The second-order valence-corrected chi connectivity index (χ2v) is 2.92. The number of fused-ring (bicyclic) bond motifs is 1. The van der Waals surface area contributed by atoms with Crippen molar-refractivity contribution in [3.8, 4) is 6.07 Å². The highest BCUT2D eigenvalue weighted by Gasteiger charge is 2.05. The van der Waals surface area contributed by atoms with E-state index in [1.54, 1.807) is 10.7 Å². The number of hydrogen-bond donors (Lipinski definition) is 0. The molecule has 0 amide bonds. The summed E-state index contributed by atoms with van der Waals surface area (Å²) >= 11 is 0. The third-order valence-electron chi connectivity index (χ3n) is 1.97. The Balaban J connectivity index is 2.87. The molecule has 0 saturated heterocycles. The average Bonchev–Trinajstić information content (AvgIpc) is 2.47. The number of nitriles is 1. The lowest BCUT2D eigenvalue weighted by atomic mass is 10.3. The van der Waals surface area contributed by atoms with E-state index in [0.29, 0.717) is 5.56 Å². The van der Waals surface area contributed by atoms with E-state index in [4.69, 9.17) is 5.26 Å². The van der Waals surface area contributed by atoms with Gasteiger partial charge in [-0.15, -0.1) is 0 Å². The zero-order chi connectivity index (χ0) is 9.42. The van der Waals surface area contributed by atoms with Crippen molar-refractivity contribution in [1.82, 2.24) is 14.6 Å². The standard InChI is InChI=1S/C9H8N4/c1-6-3-9-11-5-8(4-10)7(2)13(9)12-6/h3,5H,1-2H3. The summed E-state index contributed by atoms with van der Waals surface area (Å²) in [5.74, 6) is 0. The Kier molecular flexibility index (Phi) is 1.52. The zero-order valence-corrected chi connectivity index (χ0v) is 7.44. The Morgan fingerprint density at radius 1 is 1.46 bits per heavy atom. The van der Waals surface area contributed by atoms with Crippen molar-refractivity contribution >= 4 is 5.65 Å². The number of rotatable bonds is 0. The fourth-order valence-corrected chi connectivity index (χ4v) is 1.27. The van der Waals surface area contributed by atoms with E-state index in [2.05, 4.69) is 16.2 Å². The molecule has 2 aromatic heterocycles. The van der Waals surface area contributed by atoms with Gasteiger partial charge >= 0.3 is 0 Å². The van der Waals surface area contributed by atoms with Crippen molar-refractivity contribution in [3.63, 3.8) is 0 Å². The van der Waals surface area contributed by atoms with Crippen LogP contribution in [-0.2, 0) is 0 Å². The third kappa shape index (κ3) is 1.05. The molecule has 0 fully saturated rings. The van der Waals surface area contributed by atoms with Gasteiger partial charge in [-0.3, -0.25) is 0 Å². The maximum atomic E-state index is 8.75. The molecule has 2 rings (SSSR count). The predicted molar refractivity (Wildman–Crippen MR) is 47.2 cm³/mol. The van der Waals surface area contributed by atoms with Gasteiger partial charge < -0.3 is 0 Å². The molecule has 4 heteroatoms. The smallest absolute Gasteiger partial charge is 0.155 e. The largest absolute Gasteiger partial charge is 0.236 e. The van der Waals surface area contributed by atoms with Crippen LogP contribution in [0, 0.1) is 25.2 Å². The zero-order valence-electron chi connectivity index (χ0n) is 7.44. The number of aryl methyl sites for hydroxylation is 2. The number of hydrogen-bond acceptors (Lipinski definition) is 3. The molecule has 2 aromatic rings. The average molecular weight is 172 g/mol. The minimum absolute atomic E-state index is 0.565. The van der Waals surface area contributed by atoms with Gasteiger partial charge in [-0.1, -0.05) is 0 Å². The van der Waals surface area contributed by atoms with E-state index in [-0.39, 0.29) is 0 Å². The minimum atomic E-state index is 0.565. The first kappa shape index (κ1) is 7.74. The van der Waals surface area contributed by atoms with E-state index in [9.17, 15) is 0 Å². The van der Waals surface area contributed by atoms with Crippen LogP contribution in [0.2, 0.25) is 0 Å². The highest BCUT2D eigenvalue weighted by atomic mass is 15.3. The van der Waals surface area contributed by atoms with E-state index in [1.807, 2.05) is 19.9 Å². The van der Waals surface area contributed by atoms with E-state index in [0.717, 1.165) is 17.0 Å². The molecule has 0 bridgehead atoms. The van der Waals surface area contributed by atoms with Gasteiger partial charge in [-0.05, 0) is 13.8 Å². The van der Waals surface area contributed by atoms with Crippen LogP contribution >= 0.6 is 0 Å². The van der Waals surface area contributed by atoms with Crippen molar-refractivity contribution in [3.05, 3.63) is 29.2 Å². The maximum Gasteiger partial charge on any atom is 0.155 e. The molecule has 4 nitrogen and oxygen atoms in total. The van der Waals surface area contributed by atoms with Crippen LogP contribution in [0.3, 0.4) is 0 Å². The van der Waals surface area contributed by atoms with Crippen molar-refractivity contribution in [2.75, 3.05) is 0 Å². The summed E-state index contributed by atoms with van der Waals surface area (Å²) in [6.07, 6.45) is 1.58. The summed E-state index contributed by atoms with van der Waals surface area (Å²) < 4.78 is 1.69. The van der Waals surface area contributed by atoms with Crippen LogP contribution in [0.15, 0.2) is 12.3 Å². The fraction of sp³-hybridized carbons (Fsp3) is 0.222. The van der Waals surface area contributed by atoms with Gasteiger partial charge in [0, 0.05) is 12.3 Å². The lowest BCUT2D eigenvalue weighted by Gasteiger charge is -1.98. The van der Waals surface area contributed by atoms with Crippen LogP contribution < -0.4 is 0 Å². The highest BCUT2D eigenvalue weighted by Crippen LogP contribution is 2.09. The van der Waals surface area contributed by atoms with Gasteiger partial charge in [-0.2, -0.15) is 10.4 Å². The first-order valence-electron chi connectivity index (χ1n) is 3.94. The van der Waals surface area contributed by atoms with E-state index >= 15 is 0 Å². The van der Waals surface area contributed by atoms with Crippen molar-refractivity contribution in [2.45, 2.75) is 13.8 Å². The second kappa shape index (κ2) is 2.56. The molecule has 0 saturated carbocycles. The summed E-state index contributed by atoms with van der Waals surface area (Å²) in [6.45, 7) is 3.76. The van der Waals surface area contributed by atoms with E-state index < -0.39 is 0 Å². The predicted octanol–water partition coefficient (Wildman–Crippen LogP) is 1.22. The summed E-state index contributed by atoms with van der Waals surface area (Å²) in [5, 5.41) is 13.0. The minimum Gasteiger partial charge on any atom is -0.236 e. The molecular formula is C9H8N4. The summed E-state index contributed by atoms with van der Waals surface area (Å²) in [7, 11) is 0. The Bertz CT molecular complexity index is 504. The molecule has 0 unspecified atom stereocenters. The van der Waals surface area contributed by atoms with Gasteiger partial charge in [0.2, 0.25) is 0 Å². The Morgan fingerprint density at radius 2 is 2.23 bits per heavy atom. The first-order valence-corrected chi connectivity index (χ1v) is 3.94. The first-order chi connectivity index (χ1) is 6.22. The van der Waals surface area contributed by atoms with Crippen LogP contribution in [0.5, 0.6) is 0 Å². The second-order valence-electron chi connectivity index (χ2n) is 2.92. The molecule has 0 aliphatic heterocycles. The summed E-state index contributed by atoms with van der Waals surface area (Å²) in [5.41, 5.74) is 3.09. The summed E-state index contributed by atoms with van der Waals surface area (Å²) in [6, 6.07) is 3.96. The summed E-state index contributed by atoms with van der Waals surface area (Å²) in [4.78, 5) is 4.11. The van der Waals surface area contributed by atoms with Crippen LogP contribution in [0.25, 0.3) is 5.65 Å². The van der Waals surface area contributed by atoms with Crippen LogP contribution in [0.1, 0.15) is 17.0 Å². The number of aromatic nitrogens is 3. The topological polar surface area (TPSA) is 54.0 Å². The Labute approximate surface area is 75.4 Å². The maximum absolute atomic E-state index is 8.75. The highest BCUT2D eigenvalue weighted by molar-refractivity contribution is 5.44. The molecule has 2 heterocycles. The SMILES string of the molecule is Cc1cc2ncc(C#N)c(C)n2n1. The van der Waals surface area contributed by atoms with Gasteiger partial charge in [0.1, 0.15) is 6.07 Å². The van der Waals surface area contributed by atoms with Gasteiger partial charge in [0.25, 0.3) is 0 Å². The lowest BCUT2D eigenvalue weighted by Crippen LogP contribution is -1.98. The molecule has 0 aliphatic carbocycles. The quantitative estimate of drug-likeness (QED) is 0.600. The molecule has 0 atom stereocenters.